The summed E-state index contributed by atoms with van der Waals surface area (Å²) in [5.41, 5.74) is 5.28. The average Bonchev–Trinajstić information content (AvgIpc) is 3.80. The van der Waals surface area contributed by atoms with Crippen molar-refractivity contribution in [3.05, 3.63) is 121 Å². The first kappa shape index (κ1) is 39.9. The van der Waals surface area contributed by atoms with Crippen LogP contribution in [0.25, 0.3) is 11.1 Å². The average molecular weight is 738 g/mol. The normalized spacial score (nSPS) is 16.3. The van der Waals surface area contributed by atoms with E-state index in [1.165, 1.54) is 0 Å². The molecule has 0 unspecified atom stereocenters. The molecule has 4 atom stereocenters. The van der Waals surface area contributed by atoms with Gasteiger partial charge in [0.15, 0.2) is 0 Å². The number of amides is 3. The summed E-state index contributed by atoms with van der Waals surface area (Å²) in [5, 5.41) is 15.3. The number of alkyl carbamates (subject to hydrolysis) is 1. The summed E-state index contributed by atoms with van der Waals surface area (Å²) in [6, 6.07) is 23.5. The van der Waals surface area contributed by atoms with Crippen molar-refractivity contribution in [1.82, 2.24) is 15.5 Å². The van der Waals surface area contributed by atoms with Gasteiger partial charge in [-0.25, -0.2) is 9.59 Å². The third kappa shape index (κ3) is 10.7. The van der Waals surface area contributed by atoms with Crippen molar-refractivity contribution in [3.8, 4) is 11.1 Å². The number of rotatable bonds is 20. The van der Waals surface area contributed by atoms with Gasteiger partial charge in [-0.05, 0) is 59.9 Å². The number of aliphatic hydroxyl groups excluding tert-OH is 1. The van der Waals surface area contributed by atoms with Gasteiger partial charge in [0.05, 0.1) is 37.8 Å². The zero-order chi connectivity index (χ0) is 38.3. The van der Waals surface area contributed by atoms with E-state index in [0.29, 0.717) is 13.0 Å². The van der Waals surface area contributed by atoms with Crippen LogP contribution in [0, 0.1) is 5.92 Å². The van der Waals surface area contributed by atoms with E-state index in [4.69, 9.17) is 14.2 Å². The Morgan fingerprint density at radius 2 is 1.56 bits per heavy atom. The number of likely N-dealkylation sites (tertiary alicyclic amines) is 1. The first-order chi connectivity index (χ1) is 26.3. The van der Waals surface area contributed by atoms with Crippen molar-refractivity contribution in [2.45, 2.75) is 69.2 Å². The van der Waals surface area contributed by atoms with E-state index >= 15 is 0 Å². The molecule has 0 saturated carbocycles. The van der Waals surface area contributed by atoms with Crippen molar-refractivity contribution in [3.63, 3.8) is 0 Å². The minimum absolute atomic E-state index is 0.0124. The van der Waals surface area contributed by atoms with Gasteiger partial charge in [-0.2, -0.15) is 0 Å². The third-order valence-corrected chi connectivity index (χ3v) is 9.93. The molecule has 3 N–H and O–H groups in total. The van der Waals surface area contributed by atoms with Gasteiger partial charge in [-0.1, -0.05) is 91.0 Å². The van der Waals surface area contributed by atoms with Crippen LogP contribution in [0.3, 0.4) is 0 Å². The monoisotopic (exact) mass is 737 g/mol. The van der Waals surface area contributed by atoms with Gasteiger partial charge in [0.2, 0.25) is 11.8 Å². The lowest BCUT2D eigenvalue weighted by atomic mass is 9.98. The Morgan fingerprint density at radius 3 is 2.22 bits per heavy atom. The highest BCUT2D eigenvalue weighted by Gasteiger charge is 2.33. The number of ether oxygens (including phenoxy) is 3. The highest BCUT2D eigenvalue weighted by atomic mass is 16.6. The summed E-state index contributed by atoms with van der Waals surface area (Å²) in [4.78, 5) is 55.0. The molecular formula is C43H51N3O8. The summed E-state index contributed by atoms with van der Waals surface area (Å²) >= 11 is 0. The fourth-order valence-electron chi connectivity index (χ4n) is 7.11. The van der Waals surface area contributed by atoms with Crippen LogP contribution < -0.4 is 10.6 Å². The van der Waals surface area contributed by atoms with Gasteiger partial charge in [0.1, 0.15) is 19.3 Å². The minimum atomic E-state index is -1.04. The summed E-state index contributed by atoms with van der Waals surface area (Å²) in [6.07, 6.45) is 4.84. The van der Waals surface area contributed by atoms with E-state index in [-0.39, 0.29) is 70.2 Å². The summed E-state index contributed by atoms with van der Waals surface area (Å²) in [5.74, 6) is -2.19. The van der Waals surface area contributed by atoms with Crippen LogP contribution in [-0.4, -0.2) is 85.0 Å². The Labute approximate surface area is 317 Å². The number of carbonyl (C=O) groups is 4. The van der Waals surface area contributed by atoms with Gasteiger partial charge in [0.25, 0.3) is 0 Å². The zero-order valence-electron chi connectivity index (χ0n) is 30.7. The topological polar surface area (TPSA) is 144 Å². The van der Waals surface area contributed by atoms with E-state index in [1.807, 2.05) is 66.7 Å². The van der Waals surface area contributed by atoms with Gasteiger partial charge in [-0.3, -0.25) is 9.59 Å². The molecule has 3 aromatic carbocycles. The molecule has 1 aliphatic carbocycles. The molecule has 1 heterocycles. The number of hydrogen-bond donors (Lipinski definition) is 3. The van der Waals surface area contributed by atoms with E-state index in [2.05, 4.69) is 35.9 Å². The molecule has 3 amide bonds. The number of carbonyl (C=O) groups excluding carboxylic acids is 4. The Bertz CT molecular complexity index is 1700. The second-order valence-corrected chi connectivity index (χ2v) is 13.7. The van der Waals surface area contributed by atoms with Gasteiger partial charge >= 0.3 is 12.1 Å². The third-order valence-electron chi connectivity index (χ3n) is 9.93. The van der Waals surface area contributed by atoms with Crippen LogP contribution >= 0.6 is 0 Å². The Kier molecular flexibility index (Phi) is 15.0. The second-order valence-electron chi connectivity index (χ2n) is 13.7. The molecule has 1 fully saturated rings. The molecule has 54 heavy (non-hydrogen) atoms. The van der Waals surface area contributed by atoms with Gasteiger partial charge in [0, 0.05) is 18.9 Å². The number of allylic oxidation sites excluding steroid dienone is 2. The number of fused-ring (bicyclic) bond motifs is 3. The van der Waals surface area contributed by atoms with Crippen LogP contribution in [0.15, 0.2) is 104 Å². The molecule has 0 bridgehead atoms. The number of esters is 1. The number of hydrogen-bond acceptors (Lipinski definition) is 8. The first-order valence-corrected chi connectivity index (χ1v) is 18.6. The van der Waals surface area contributed by atoms with Crippen LogP contribution in [0.5, 0.6) is 0 Å². The smallest absolute Gasteiger partial charge is 0.407 e. The number of aliphatic hydroxyl groups is 1. The molecule has 11 heteroatoms. The lowest BCUT2D eigenvalue weighted by molar-refractivity contribution is -0.148. The summed E-state index contributed by atoms with van der Waals surface area (Å²) in [6.45, 7) is 8.05. The molecule has 0 radical (unpaired) electrons. The van der Waals surface area contributed by atoms with E-state index in [0.717, 1.165) is 40.7 Å². The number of nitrogens with one attached hydrogen (secondary N) is 2. The molecule has 1 aliphatic heterocycles. The molecule has 1 saturated heterocycles. The lowest BCUT2D eigenvalue weighted by Crippen LogP contribution is -2.48. The van der Waals surface area contributed by atoms with Crippen LogP contribution in [0.2, 0.25) is 0 Å². The van der Waals surface area contributed by atoms with Crippen molar-refractivity contribution in [2.75, 3.05) is 33.0 Å². The highest BCUT2D eigenvalue weighted by Crippen LogP contribution is 2.44. The molecule has 2 aliphatic rings. The second kappa shape index (κ2) is 20.3. The van der Waals surface area contributed by atoms with Crippen molar-refractivity contribution in [1.29, 1.82) is 0 Å². The SMILES string of the molecule is C=CCC[C@H](NC(=O)OCC1c2ccccc2-c2ccccc21)C(=O)OC[C@H](COCc1ccccc1)NC(=O)[C@@H](CC=C)CC(=O)N1CCC[C@H]1CO. The van der Waals surface area contributed by atoms with Crippen LogP contribution in [0.1, 0.15) is 61.1 Å². The van der Waals surface area contributed by atoms with Gasteiger partial charge < -0.3 is 34.9 Å². The van der Waals surface area contributed by atoms with Crippen molar-refractivity contribution < 1.29 is 38.5 Å². The largest absolute Gasteiger partial charge is 0.462 e. The Hall–Kier alpha value is -5.26. The first-order valence-electron chi connectivity index (χ1n) is 18.6. The van der Waals surface area contributed by atoms with E-state index in [9.17, 15) is 24.3 Å². The molecule has 11 nitrogen and oxygen atoms in total. The van der Waals surface area contributed by atoms with Crippen molar-refractivity contribution in [2.24, 2.45) is 5.92 Å². The van der Waals surface area contributed by atoms with Crippen LogP contribution in [-0.2, 0) is 35.2 Å². The molecule has 286 valence electrons. The maximum Gasteiger partial charge on any atom is 0.407 e. The molecule has 0 spiro atoms. The Morgan fingerprint density at radius 1 is 0.870 bits per heavy atom. The van der Waals surface area contributed by atoms with E-state index < -0.39 is 36.0 Å². The number of nitrogens with zero attached hydrogens (tertiary/aromatic N) is 1. The number of benzene rings is 3. The predicted molar refractivity (Wildman–Crippen MR) is 205 cm³/mol. The van der Waals surface area contributed by atoms with Crippen molar-refractivity contribution >= 4 is 23.9 Å². The fraction of sp³-hybridized carbons (Fsp3) is 0.395. The molecular weight excluding hydrogens is 686 g/mol. The quantitative estimate of drug-likeness (QED) is 0.0995. The Balaban J connectivity index is 1.21. The predicted octanol–water partition coefficient (Wildman–Crippen LogP) is 5.67. The molecule has 3 aromatic rings. The standard InChI is InChI=1S/C43H51N3O8/c1-3-5-22-39(45-43(51)54-29-38-36-20-11-9-18-34(36)35-19-10-12-21-37(35)38)42(50)53-28-32(27-52-26-30-15-7-6-8-16-30)44-41(49)31(14-4-2)24-40(48)46-23-13-17-33(46)25-47/h3-4,6-12,15-16,18-21,31-33,38-39,47H,1-2,5,13-14,17,22-29H2,(H,44,49)(H,45,51)/t31-,32-,33-,39-/m0/s1. The maximum absolute atomic E-state index is 13.6. The maximum atomic E-state index is 13.6. The summed E-state index contributed by atoms with van der Waals surface area (Å²) in [7, 11) is 0. The highest BCUT2D eigenvalue weighted by molar-refractivity contribution is 5.86. The minimum Gasteiger partial charge on any atom is -0.462 e. The summed E-state index contributed by atoms with van der Waals surface area (Å²) < 4.78 is 17.3. The lowest BCUT2D eigenvalue weighted by Gasteiger charge is -2.26. The molecule has 5 rings (SSSR count). The molecule has 0 aromatic heterocycles. The fourth-order valence-corrected chi connectivity index (χ4v) is 7.11. The van der Waals surface area contributed by atoms with E-state index in [1.54, 1.807) is 17.1 Å². The van der Waals surface area contributed by atoms with Gasteiger partial charge in [-0.15, -0.1) is 13.2 Å². The zero-order valence-corrected chi connectivity index (χ0v) is 30.7. The van der Waals surface area contributed by atoms with Crippen LogP contribution in [0.4, 0.5) is 4.79 Å².